The molecular weight excluding hydrogens is 336 g/mol. The van der Waals surface area contributed by atoms with Crippen molar-refractivity contribution < 1.29 is 14.3 Å². The Bertz CT molecular complexity index is 492. The molecule has 0 radical (unpaired) electrons. The number of rotatable bonds is 8. The van der Waals surface area contributed by atoms with E-state index in [1.807, 2.05) is 38.1 Å². The van der Waals surface area contributed by atoms with Gasteiger partial charge in [-0.3, -0.25) is 9.59 Å². The van der Waals surface area contributed by atoms with E-state index in [1.165, 1.54) is 4.90 Å². The van der Waals surface area contributed by atoms with Gasteiger partial charge in [0, 0.05) is 16.9 Å². The molecule has 5 nitrogen and oxygen atoms in total. The van der Waals surface area contributed by atoms with Crippen molar-refractivity contribution in [2.75, 3.05) is 13.2 Å². The Morgan fingerprint density at radius 3 is 2.67 bits per heavy atom. The first-order valence-electron chi connectivity index (χ1n) is 6.86. The largest absolute Gasteiger partial charge is 0.494 e. The average molecular weight is 357 g/mol. The predicted octanol–water partition coefficient (Wildman–Crippen LogP) is 2.33. The van der Waals surface area contributed by atoms with Crippen LogP contribution in [0.2, 0.25) is 0 Å². The number of hydrogen-bond donors (Lipinski definition) is 1. The maximum atomic E-state index is 12.0. The second kappa shape index (κ2) is 8.67. The highest BCUT2D eigenvalue weighted by Crippen LogP contribution is 2.18. The summed E-state index contributed by atoms with van der Waals surface area (Å²) < 4.78 is 6.51. The normalized spacial score (nSPS) is 10.5. The van der Waals surface area contributed by atoms with Crippen molar-refractivity contribution in [2.45, 2.75) is 32.7 Å². The molecule has 6 heteroatoms. The van der Waals surface area contributed by atoms with Gasteiger partial charge in [0.1, 0.15) is 5.75 Å². The number of carbonyl (C=O) groups is 2. The number of ether oxygens (including phenoxy) is 1. The quantitative estimate of drug-likeness (QED) is 0.726. The number of nitrogens with zero attached hydrogens (tertiary/aromatic N) is 1. The van der Waals surface area contributed by atoms with Crippen LogP contribution in [0.1, 0.15) is 26.7 Å². The summed E-state index contributed by atoms with van der Waals surface area (Å²) in [7, 11) is 0. The topological polar surface area (TPSA) is 72.6 Å². The van der Waals surface area contributed by atoms with E-state index in [4.69, 9.17) is 10.5 Å². The molecule has 2 N–H and O–H groups in total. The second-order valence-electron chi connectivity index (χ2n) is 4.99. The van der Waals surface area contributed by atoms with E-state index in [9.17, 15) is 9.59 Å². The van der Waals surface area contributed by atoms with Gasteiger partial charge in [-0.05, 0) is 38.5 Å². The van der Waals surface area contributed by atoms with Crippen LogP contribution in [0.3, 0.4) is 0 Å². The molecule has 0 aliphatic carbocycles. The Hall–Kier alpha value is -1.56. The molecule has 0 bridgehead atoms. The standard InChI is InChI=1S/C15H21BrN2O3/c1-11(2)18(10-14(17)19)15(20)7-4-8-21-13-6-3-5-12(16)9-13/h3,5-6,9,11H,4,7-8,10H2,1-2H3,(H2,17,19). The number of carbonyl (C=O) groups excluding carboxylic acids is 2. The maximum Gasteiger partial charge on any atom is 0.237 e. The van der Waals surface area contributed by atoms with Crippen LogP contribution < -0.4 is 10.5 Å². The molecule has 0 saturated carbocycles. The molecule has 0 atom stereocenters. The van der Waals surface area contributed by atoms with Gasteiger partial charge in [-0.2, -0.15) is 0 Å². The Morgan fingerprint density at radius 1 is 1.38 bits per heavy atom. The lowest BCUT2D eigenvalue weighted by molar-refractivity contribution is -0.137. The van der Waals surface area contributed by atoms with Gasteiger partial charge in [-0.25, -0.2) is 0 Å². The fourth-order valence-electron chi connectivity index (χ4n) is 1.84. The smallest absolute Gasteiger partial charge is 0.237 e. The zero-order valence-corrected chi connectivity index (χ0v) is 13.9. The van der Waals surface area contributed by atoms with Gasteiger partial charge in [0.2, 0.25) is 11.8 Å². The number of nitrogens with two attached hydrogens (primary N) is 1. The summed E-state index contributed by atoms with van der Waals surface area (Å²) in [5.74, 6) is 0.179. The van der Waals surface area contributed by atoms with Crippen LogP contribution in [0.15, 0.2) is 28.7 Å². The van der Waals surface area contributed by atoms with Gasteiger partial charge in [-0.15, -0.1) is 0 Å². The lowest BCUT2D eigenvalue weighted by atomic mass is 10.2. The molecule has 0 saturated heterocycles. The summed E-state index contributed by atoms with van der Waals surface area (Å²) in [5.41, 5.74) is 5.15. The molecule has 0 aliphatic heterocycles. The van der Waals surface area contributed by atoms with E-state index in [0.717, 1.165) is 10.2 Å². The number of halogens is 1. The summed E-state index contributed by atoms with van der Waals surface area (Å²) in [4.78, 5) is 24.5. The van der Waals surface area contributed by atoms with Crippen molar-refractivity contribution in [1.82, 2.24) is 4.90 Å². The molecule has 0 aromatic heterocycles. The Balaban J connectivity index is 2.36. The summed E-state index contributed by atoms with van der Waals surface area (Å²) in [6.45, 7) is 4.13. The number of benzene rings is 1. The van der Waals surface area contributed by atoms with E-state index in [2.05, 4.69) is 15.9 Å². The molecule has 0 fully saturated rings. The van der Waals surface area contributed by atoms with Crippen LogP contribution in [-0.2, 0) is 9.59 Å². The average Bonchev–Trinajstić information content (AvgIpc) is 2.40. The van der Waals surface area contributed by atoms with Crippen LogP contribution in [0.4, 0.5) is 0 Å². The van der Waals surface area contributed by atoms with Crippen molar-refractivity contribution in [1.29, 1.82) is 0 Å². The van der Waals surface area contributed by atoms with Crippen molar-refractivity contribution in [3.8, 4) is 5.75 Å². The first-order chi connectivity index (χ1) is 9.90. The number of hydrogen-bond acceptors (Lipinski definition) is 3. The minimum absolute atomic E-state index is 0.0387. The molecule has 21 heavy (non-hydrogen) atoms. The molecule has 0 spiro atoms. The first-order valence-corrected chi connectivity index (χ1v) is 7.65. The second-order valence-corrected chi connectivity index (χ2v) is 5.91. The fraction of sp³-hybridized carbons (Fsp3) is 0.467. The minimum atomic E-state index is -0.498. The van der Waals surface area contributed by atoms with Gasteiger partial charge < -0.3 is 15.4 Å². The van der Waals surface area contributed by atoms with Gasteiger partial charge >= 0.3 is 0 Å². The monoisotopic (exact) mass is 356 g/mol. The zero-order valence-electron chi connectivity index (χ0n) is 12.3. The van der Waals surface area contributed by atoms with E-state index in [0.29, 0.717) is 19.4 Å². The highest BCUT2D eigenvalue weighted by Gasteiger charge is 2.18. The van der Waals surface area contributed by atoms with Crippen molar-refractivity contribution in [3.05, 3.63) is 28.7 Å². The Labute approximate surface area is 133 Å². The molecule has 116 valence electrons. The van der Waals surface area contributed by atoms with Gasteiger partial charge in [0.15, 0.2) is 0 Å². The van der Waals surface area contributed by atoms with E-state index < -0.39 is 5.91 Å². The van der Waals surface area contributed by atoms with Crippen LogP contribution in [0.5, 0.6) is 5.75 Å². The molecule has 0 unspecified atom stereocenters. The van der Waals surface area contributed by atoms with Crippen molar-refractivity contribution in [2.24, 2.45) is 5.73 Å². The summed E-state index contributed by atoms with van der Waals surface area (Å²) in [6, 6.07) is 7.49. The molecule has 1 aromatic carbocycles. The molecular formula is C15H21BrN2O3. The molecule has 1 aromatic rings. The zero-order chi connectivity index (χ0) is 15.8. The Kier molecular flexibility index (Phi) is 7.22. The minimum Gasteiger partial charge on any atom is -0.494 e. The van der Waals surface area contributed by atoms with Crippen molar-refractivity contribution in [3.63, 3.8) is 0 Å². The van der Waals surface area contributed by atoms with Gasteiger partial charge in [0.25, 0.3) is 0 Å². The third kappa shape index (κ3) is 6.62. The predicted molar refractivity (Wildman–Crippen MR) is 84.9 cm³/mol. The molecule has 0 aliphatic rings. The van der Waals surface area contributed by atoms with E-state index in [1.54, 1.807) is 0 Å². The summed E-state index contributed by atoms with van der Waals surface area (Å²) in [6.07, 6.45) is 0.923. The Morgan fingerprint density at radius 2 is 2.10 bits per heavy atom. The highest BCUT2D eigenvalue weighted by atomic mass is 79.9. The first kappa shape index (κ1) is 17.5. The number of primary amides is 1. The van der Waals surface area contributed by atoms with Crippen molar-refractivity contribution >= 4 is 27.7 Å². The summed E-state index contributed by atoms with van der Waals surface area (Å²) >= 11 is 3.37. The van der Waals surface area contributed by atoms with Crippen LogP contribution in [0, 0.1) is 0 Å². The fourth-order valence-corrected chi connectivity index (χ4v) is 2.22. The van der Waals surface area contributed by atoms with Gasteiger partial charge in [0.05, 0.1) is 13.2 Å². The van der Waals surface area contributed by atoms with E-state index >= 15 is 0 Å². The molecule has 2 amide bonds. The van der Waals surface area contributed by atoms with Crippen LogP contribution >= 0.6 is 15.9 Å². The molecule has 0 heterocycles. The third-order valence-electron chi connectivity index (χ3n) is 2.87. The van der Waals surface area contributed by atoms with Crippen LogP contribution in [-0.4, -0.2) is 35.9 Å². The highest BCUT2D eigenvalue weighted by molar-refractivity contribution is 9.10. The third-order valence-corrected chi connectivity index (χ3v) is 3.36. The summed E-state index contributed by atoms with van der Waals surface area (Å²) in [5, 5.41) is 0. The molecule has 1 rings (SSSR count). The lowest BCUT2D eigenvalue weighted by Crippen LogP contribution is -2.42. The number of amides is 2. The lowest BCUT2D eigenvalue weighted by Gasteiger charge is -2.25. The van der Waals surface area contributed by atoms with E-state index in [-0.39, 0.29) is 18.5 Å². The van der Waals surface area contributed by atoms with Crippen LogP contribution in [0.25, 0.3) is 0 Å². The maximum absolute atomic E-state index is 12.0. The van der Waals surface area contributed by atoms with Gasteiger partial charge in [-0.1, -0.05) is 22.0 Å². The SMILES string of the molecule is CC(C)N(CC(N)=O)C(=O)CCCOc1cccc(Br)c1.